The Kier molecular flexibility index (Phi) is 5.11. The molecule has 0 bridgehead atoms. The lowest BCUT2D eigenvalue weighted by molar-refractivity contribution is -0.122. The second-order valence-electron chi connectivity index (χ2n) is 6.69. The molecule has 1 aromatic carbocycles. The number of hydrogen-bond donors (Lipinski definition) is 1. The van der Waals surface area contributed by atoms with Gasteiger partial charge in [-0.05, 0) is 12.8 Å². The predicted octanol–water partition coefficient (Wildman–Crippen LogP) is 3.09. The molecule has 0 aliphatic heterocycles. The Labute approximate surface area is 160 Å². The van der Waals surface area contributed by atoms with Gasteiger partial charge in [-0.25, -0.2) is 9.97 Å². The molecule has 27 heavy (non-hydrogen) atoms. The van der Waals surface area contributed by atoms with Crippen LogP contribution in [0.25, 0.3) is 21.8 Å². The van der Waals surface area contributed by atoms with Gasteiger partial charge in [0.25, 0.3) is 5.56 Å². The minimum atomic E-state index is -0.250. The molecule has 1 fully saturated rings. The third-order valence-corrected chi connectivity index (χ3v) is 5.61. The number of nitrogens with one attached hydrogen (secondary N) is 1. The number of benzene rings is 1. The van der Waals surface area contributed by atoms with E-state index < -0.39 is 0 Å². The van der Waals surface area contributed by atoms with Crippen LogP contribution in [0.5, 0.6) is 0 Å². The minimum Gasteiger partial charge on any atom is -0.352 e. The van der Waals surface area contributed by atoms with E-state index in [1.807, 2.05) is 35.7 Å². The lowest BCUT2D eigenvalue weighted by Crippen LogP contribution is -2.37. The molecule has 7 heteroatoms. The molecule has 138 valence electrons. The third kappa shape index (κ3) is 3.98. The van der Waals surface area contributed by atoms with Crippen LogP contribution < -0.4 is 10.9 Å². The standard InChI is InChI=1S/C20H20N4O2S/c25-18(22-15-8-4-5-9-15)11-24-13-21-10-16(20(24)26)19-23-17(12-27-19)14-6-2-1-3-7-14/h1-3,6-7,10,12-13,15H,4-5,8-9,11H2,(H,22,25). The summed E-state index contributed by atoms with van der Waals surface area (Å²) in [6, 6.07) is 10.0. The largest absolute Gasteiger partial charge is 0.352 e. The first-order valence-electron chi connectivity index (χ1n) is 9.06. The van der Waals surface area contributed by atoms with Crippen molar-refractivity contribution in [2.24, 2.45) is 0 Å². The zero-order valence-corrected chi connectivity index (χ0v) is 15.6. The van der Waals surface area contributed by atoms with Crippen LogP contribution in [0.4, 0.5) is 0 Å². The van der Waals surface area contributed by atoms with E-state index in [0.717, 1.165) is 36.9 Å². The maximum Gasteiger partial charge on any atom is 0.264 e. The van der Waals surface area contributed by atoms with Gasteiger partial charge in [-0.15, -0.1) is 11.3 Å². The summed E-state index contributed by atoms with van der Waals surface area (Å²) >= 11 is 1.40. The van der Waals surface area contributed by atoms with Crippen molar-refractivity contribution in [2.45, 2.75) is 38.3 Å². The topological polar surface area (TPSA) is 76.9 Å². The number of amides is 1. The van der Waals surface area contributed by atoms with Gasteiger partial charge in [0.15, 0.2) is 0 Å². The van der Waals surface area contributed by atoms with E-state index >= 15 is 0 Å². The molecule has 1 amide bonds. The van der Waals surface area contributed by atoms with Gasteiger partial charge in [-0.1, -0.05) is 43.2 Å². The molecular formula is C20H20N4O2S. The van der Waals surface area contributed by atoms with Crippen LogP contribution >= 0.6 is 11.3 Å². The van der Waals surface area contributed by atoms with E-state index in [2.05, 4.69) is 15.3 Å². The van der Waals surface area contributed by atoms with Crippen LogP contribution in [0.1, 0.15) is 25.7 Å². The molecule has 3 aromatic rings. The number of carbonyl (C=O) groups excluding carboxylic acids is 1. The van der Waals surface area contributed by atoms with Crippen LogP contribution in [0.2, 0.25) is 0 Å². The molecule has 2 aromatic heterocycles. The molecule has 1 aliphatic rings. The smallest absolute Gasteiger partial charge is 0.264 e. The molecule has 0 spiro atoms. The molecule has 6 nitrogen and oxygen atoms in total. The quantitative estimate of drug-likeness (QED) is 0.738. The molecule has 0 atom stereocenters. The van der Waals surface area contributed by atoms with E-state index in [9.17, 15) is 9.59 Å². The fourth-order valence-electron chi connectivity index (χ4n) is 3.35. The van der Waals surface area contributed by atoms with Crippen molar-refractivity contribution in [3.63, 3.8) is 0 Å². The maximum absolute atomic E-state index is 12.8. The van der Waals surface area contributed by atoms with Crippen molar-refractivity contribution in [1.29, 1.82) is 0 Å². The highest BCUT2D eigenvalue weighted by molar-refractivity contribution is 7.13. The van der Waals surface area contributed by atoms with Crippen molar-refractivity contribution in [3.8, 4) is 21.8 Å². The van der Waals surface area contributed by atoms with Gasteiger partial charge in [0.1, 0.15) is 11.6 Å². The Morgan fingerprint density at radius 3 is 2.78 bits per heavy atom. The van der Waals surface area contributed by atoms with Gasteiger partial charge in [0.05, 0.1) is 17.6 Å². The molecule has 1 saturated carbocycles. The lowest BCUT2D eigenvalue weighted by Gasteiger charge is -2.12. The fourth-order valence-corrected chi connectivity index (χ4v) is 4.18. The van der Waals surface area contributed by atoms with E-state index in [0.29, 0.717) is 10.6 Å². The number of rotatable bonds is 5. The number of thiazole rings is 1. The SMILES string of the molecule is O=C(Cn1cncc(-c2nc(-c3ccccc3)cs2)c1=O)NC1CCCC1. The first-order valence-corrected chi connectivity index (χ1v) is 9.94. The average Bonchev–Trinajstić information content (AvgIpc) is 3.36. The zero-order chi connectivity index (χ0) is 18.6. The van der Waals surface area contributed by atoms with Crippen molar-refractivity contribution in [3.05, 3.63) is 58.6 Å². The highest BCUT2D eigenvalue weighted by atomic mass is 32.1. The lowest BCUT2D eigenvalue weighted by atomic mass is 10.2. The Morgan fingerprint density at radius 2 is 2.00 bits per heavy atom. The Bertz CT molecular complexity index is 990. The summed E-state index contributed by atoms with van der Waals surface area (Å²) in [7, 11) is 0. The van der Waals surface area contributed by atoms with Crippen LogP contribution in [0.3, 0.4) is 0 Å². The average molecular weight is 380 g/mol. The van der Waals surface area contributed by atoms with E-state index in [1.165, 1.54) is 28.4 Å². The summed E-state index contributed by atoms with van der Waals surface area (Å²) in [4.78, 5) is 33.8. The summed E-state index contributed by atoms with van der Waals surface area (Å²) < 4.78 is 1.35. The number of nitrogens with zero attached hydrogens (tertiary/aromatic N) is 3. The van der Waals surface area contributed by atoms with Gasteiger partial charge in [-0.3, -0.25) is 14.2 Å². The van der Waals surface area contributed by atoms with Crippen LogP contribution in [0.15, 0.2) is 53.0 Å². The molecule has 0 radical (unpaired) electrons. The van der Waals surface area contributed by atoms with Crippen molar-refractivity contribution in [2.75, 3.05) is 0 Å². The summed E-state index contributed by atoms with van der Waals surface area (Å²) in [6.45, 7) is -0.0207. The van der Waals surface area contributed by atoms with Crippen molar-refractivity contribution >= 4 is 17.2 Å². The summed E-state index contributed by atoms with van der Waals surface area (Å²) in [6.07, 6.45) is 7.25. The number of aromatic nitrogens is 3. The third-order valence-electron chi connectivity index (χ3n) is 4.74. The highest BCUT2D eigenvalue weighted by Gasteiger charge is 2.18. The maximum atomic E-state index is 12.8. The Balaban J connectivity index is 1.54. The van der Waals surface area contributed by atoms with E-state index in [4.69, 9.17) is 0 Å². The summed E-state index contributed by atoms with van der Waals surface area (Å²) in [5.74, 6) is -0.146. The molecule has 0 unspecified atom stereocenters. The predicted molar refractivity (Wildman–Crippen MR) is 105 cm³/mol. The van der Waals surface area contributed by atoms with Gasteiger partial charge < -0.3 is 5.32 Å². The fraction of sp³-hybridized carbons (Fsp3) is 0.300. The van der Waals surface area contributed by atoms with Crippen LogP contribution in [0, 0.1) is 0 Å². The molecule has 2 heterocycles. The molecule has 1 N–H and O–H groups in total. The van der Waals surface area contributed by atoms with Gasteiger partial charge in [-0.2, -0.15) is 0 Å². The second-order valence-corrected chi connectivity index (χ2v) is 7.55. The number of carbonyl (C=O) groups is 1. The van der Waals surface area contributed by atoms with Gasteiger partial charge >= 0.3 is 0 Å². The normalized spacial score (nSPS) is 14.4. The van der Waals surface area contributed by atoms with Gasteiger partial charge in [0, 0.05) is 23.2 Å². The Morgan fingerprint density at radius 1 is 1.22 bits per heavy atom. The van der Waals surface area contributed by atoms with E-state index in [-0.39, 0.29) is 24.1 Å². The Hall–Kier alpha value is -2.80. The van der Waals surface area contributed by atoms with Crippen LogP contribution in [-0.4, -0.2) is 26.5 Å². The summed E-state index contributed by atoms with van der Waals surface area (Å²) in [5, 5.41) is 5.53. The van der Waals surface area contributed by atoms with Crippen LogP contribution in [-0.2, 0) is 11.3 Å². The monoisotopic (exact) mass is 380 g/mol. The zero-order valence-electron chi connectivity index (χ0n) is 14.8. The molecule has 4 rings (SSSR count). The number of hydrogen-bond acceptors (Lipinski definition) is 5. The molecule has 0 saturated heterocycles. The first-order chi connectivity index (χ1) is 13.2. The first kappa shape index (κ1) is 17.6. The van der Waals surface area contributed by atoms with Gasteiger partial charge in [0.2, 0.25) is 5.91 Å². The van der Waals surface area contributed by atoms with Crippen molar-refractivity contribution < 1.29 is 4.79 Å². The second kappa shape index (κ2) is 7.84. The highest BCUT2D eigenvalue weighted by Crippen LogP contribution is 2.26. The molecule has 1 aliphatic carbocycles. The van der Waals surface area contributed by atoms with E-state index in [1.54, 1.807) is 0 Å². The van der Waals surface area contributed by atoms with Crippen molar-refractivity contribution in [1.82, 2.24) is 19.9 Å². The summed E-state index contributed by atoms with van der Waals surface area (Å²) in [5.41, 5.74) is 1.99. The molecular weight excluding hydrogens is 360 g/mol. The minimum absolute atomic E-state index is 0.0207.